The minimum Gasteiger partial charge on any atom is -0.0998 e. The Morgan fingerprint density at radius 1 is 1.08 bits per heavy atom. The van der Waals surface area contributed by atoms with Gasteiger partial charge in [0, 0.05) is 5.92 Å². The molecule has 2 aromatic carbocycles. The lowest BCUT2D eigenvalue weighted by Gasteiger charge is -2.28. The van der Waals surface area contributed by atoms with Crippen LogP contribution >= 0.6 is 0 Å². The number of allylic oxidation sites excluding steroid dienone is 5. The van der Waals surface area contributed by atoms with Crippen LogP contribution in [0.4, 0.5) is 0 Å². The number of rotatable bonds is 1. The minimum atomic E-state index is 0.355. The van der Waals surface area contributed by atoms with Crippen molar-refractivity contribution in [3.8, 4) is 0 Å². The molecule has 0 heterocycles. The van der Waals surface area contributed by atoms with Crippen LogP contribution in [0.3, 0.4) is 0 Å². The van der Waals surface area contributed by atoms with Crippen LogP contribution in [-0.2, 0) is 0 Å². The molecule has 0 N–H and O–H groups in total. The summed E-state index contributed by atoms with van der Waals surface area (Å²) >= 11 is 0. The average molecular weight is 341 g/mol. The normalized spacial score (nSPS) is 22.5. The van der Waals surface area contributed by atoms with Crippen molar-refractivity contribution in [3.63, 3.8) is 0 Å². The van der Waals surface area contributed by atoms with Crippen LogP contribution in [0.15, 0.2) is 53.6 Å². The Hall–Kier alpha value is -2.34. The van der Waals surface area contributed by atoms with E-state index < -0.39 is 0 Å². The van der Waals surface area contributed by atoms with E-state index in [0.717, 1.165) is 18.1 Å². The molecular weight excluding hydrogens is 312 g/mol. The van der Waals surface area contributed by atoms with E-state index in [4.69, 9.17) is 0 Å². The third-order valence-electron chi connectivity index (χ3n) is 6.50. The molecule has 0 aromatic heterocycles. The molecule has 2 aliphatic carbocycles. The smallest absolute Gasteiger partial charge is 0.000769 e. The van der Waals surface area contributed by atoms with Gasteiger partial charge in [-0.1, -0.05) is 62.6 Å². The molecular formula is C26H28. The van der Waals surface area contributed by atoms with Crippen molar-refractivity contribution in [2.24, 2.45) is 5.92 Å². The molecule has 4 rings (SSSR count). The third kappa shape index (κ3) is 2.43. The molecule has 0 bridgehead atoms. The van der Waals surface area contributed by atoms with Gasteiger partial charge in [0.05, 0.1) is 0 Å². The monoisotopic (exact) mass is 340 g/mol. The molecule has 2 aliphatic rings. The molecule has 1 saturated carbocycles. The van der Waals surface area contributed by atoms with Crippen LogP contribution in [0.25, 0.3) is 29.5 Å². The summed E-state index contributed by atoms with van der Waals surface area (Å²) < 4.78 is 0. The molecule has 0 amide bonds. The molecule has 0 heteroatoms. The zero-order chi connectivity index (χ0) is 18.6. The molecule has 0 nitrogen and oxygen atoms in total. The second-order valence-electron chi connectivity index (χ2n) is 8.16. The Morgan fingerprint density at radius 3 is 2.38 bits per heavy atom. The fourth-order valence-corrected chi connectivity index (χ4v) is 5.06. The van der Waals surface area contributed by atoms with E-state index in [-0.39, 0.29) is 0 Å². The van der Waals surface area contributed by atoms with Gasteiger partial charge in [0.15, 0.2) is 0 Å². The molecule has 0 radical (unpaired) electrons. The first-order valence-corrected chi connectivity index (χ1v) is 9.69. The second-order valence-corrected chi connectivity index (χ2v) is 8.16. The van der Waals surface area contributed by atoms with Gasteiger partial charge in [-0.3, -0.25) is 0 Å². The highest BCUT2D eigenvalue weighted by Gasteiger charge is 2.28. The van der Waals surface area contributed by atoms with E-state index in [9.17, 15) is 0 Å². The second kappa shape index (κ2) is 6.13. The van der Waals surface area contributed by atoms with Crippen molar-refractivity contribution < 1.29 is 0 Å². The summed E-state index contributed by atoms with van der Waals surface area (Å²) in [4.78, 5) is 0. The van der Waals surface area contributed by atoms with E-state index in [1.165, 1.54) is 55.8 Å². The Kier molecular flexibility index (Phi) is 4.03. The van der Waals surface area contributed by atoms with Gasteiger partial charge in [-0.05, 0) is 88.1 Å². The van der Waals surface area contributed by atoms with Crippen molar-refractivity contribution in [1.82, 2.24) is 0 Å². The summed E-state index contributed by atoms with van der Waals surface area (Å²) in [5.74, 6) is 0.970. The summed E-state index contributed by atoms with van der Waals surface area (Å²) in [6.45, 7) is 20.0. The summed E-state index contributed by atoms with van der Waals surface area (Å²) in [6, 6.07) is 8.58. The van der Waals surface area contributed by atoms with Crippen LogP contribution in [0.2, 0.25) is 0 Å². The molecule has 2 atom stereocenters. The molecule has 0 aliphatic heterocycles. The molecule has 0 saturated heterocycles. The predicted octanol–water partition coefficient (Wildman–Crippen LogP) is 5.85. The lowest BCUT2D eigenvalue weighted by molar-refractivity contribution is 0.522. The largest absolute Gasteiger partial charge is 0.0998 e. The first-order chi connectivity index (χ1) is 12.4. The van der Waals surface area contributed by atoms with Gasteiger partial charge < -0.3 is 0 Å². The topological polar surface area (TPSA) is 0 Å². The Bertz CT molecular complexity index is 1090. The fraction of sp³-hybridized carbons (Fsp3) is 0.308. The zero-order valence-corrected chi connectivity index (χ0v) is 16.3. The Labute approximate surface area is 156 Å². The molecule has 2 aromatic rings. The van der Waals surface area contributed by atoms with Gasteiger partial charge in [0.2, 0.25) is 0 Å². The van der Waals surface area contributed by atoms with Gasteiger partial charge in [0.25, 0.3) is 0 Å². The highest BCUT2D eigenvalue weighted by Crippen LogP contribution is 2.43. The Morgan fingerprint density at radius 2 is 1.73 bits per heavy atom. The molecule has 26 heavy (non-hydrogen) atoms. The van der Waals surface area contributed by atoms with Crippen molar-refractivity contribution in [1.29, 1.82) is 0 Å². The van der Waals surface area contributed by atoms with Gasteiger partial charge in [-0.2, -0.15) is 0 Å². The van der Waals surface area contributed by atoms with Crippen molar-refractivity contribution >= 4 is 29.5 Å². The van der Waals surface area contributed by atoms with Crippen LogP contribution in [0, 0.1) is 5.92 Å². The summed E-state index contributed by atoms with van der Waals surface area (Å²) in [5, 5.41) is 4.81. The number of hydrogen-bond donors (Lipinski definition) is 0. The third-order valence-corrected chi connectivity index (χ3v) is 6.50. The summed E-state index contributed by atoms with van der Waals surface area (Å²) in [5.41, 5.74) is 8.50. The maximum atomic E-state index is 4.51. The van der Waals surface area contributed by atoms with Crippen molar-refractivity contribution in [2.45, 2.75) is 46.0 Å². The van der Waals surface area contributed by atoms with Gasteiger partial charge in [-0.15, -0.1) is 0 Å². The van der Waals surface area contributed by atoms with Crippen LogP contribution in [0.1, 0.15) is 57.1 Å². The average Bonchev–Trinajstić information content (AvgIpc) is 2.74. The zero-order valence-electron chi connectivity index (χ0n) is 16.3. The van der Waals surface area contributed by atoms with Crippen LogP contribution in [-0.4, -0.2) is 0 Å². The highest BCUT2D eigenvalue weighted by molar-refractivity contribution is 5.91. The summed E-state index contributed by atoms with van der Waals surface area (Å²) in [6.07, 6.45) is 5.96. The lowest BCUT2D eigenvalue weighted by atomic mass is 9.77. The summed E-state index contributed by atoms with van der Waals surface area (Å²) in [7, 11) is 0. The van der Waals surface area contributed by atoms with E-state index >= 15 is 0 Å². The van der Waals surface area contributed by atoms with Gasteiger partial charge in [-0.25, -0.2) is 0 Å². The number of hydrogen-bond acceptors (Lipinski definition) is 0. The molecule has 132 valence electrons. The standard InChI is InChI=1S/C26H28/c1-15(2)20-11-12-22-17(4)26-19(6)24-10-8-7-9-23(24)18(5)25(26)16(3)13-21(22)14-20/h7-10,13,16,20H,1,5-6,11-12,14H2,2-4H3/t16?,20-/m0/s1. The van der Waals surface area contributed by atoms with Crippen molar-refractivity contribution in [2.75, 3.05) is 0 Å². The van der Waals surface area contributed by atoms with Gasteiger partial charge >= 0.3 is 0 Å². The van der Waals surface area contributed by atoms with Crippen LogP contribution < -0.4 is 10.4 Å². The first kappa shape index (κ1) is 17.1. The number of fused-ring (bicyclic) bond motifs is 3. The predicted molar refractivity (Wildman–Crippen MR) is 115 cm³/mol. The van der Waals surface area contributed by atoms with Gasteiger partial charge in [0.1, 0.15) is 0 Å². The highest BCUT2D eigenvalue weighted by atomic mass is 14.3. The van der Waals surface area contributed by atoms with Crippen molar-refractivity contribution in [3.05, 3.63) is 75.2 Å². The van der Waals surface area contributed by atoms with Crippen LogP contribution in [0.5, 0.6) is 0 Å². The maximum absolute atomic E-state index is 4.51. The number of benzene rings is 2. The SMILES string of the molecule is C=C(C)[C@H]1CCC2=C(C)c3c(c(=C)c4ccccc4c3=C)C(C)C=C2C1. The maximum Gasteiger partial charge on any atom is 0.000769 e. The Balaban J connectivity index is 2.04. The minimum absolute atomic E-state index is 0.355. The fourth-order valence-electron chi connectivity index (χ4n) is 5.06. The first-order valence-electron chi connectivity index (χ1n) is 9.69. The van der Waals surface area contributed by atoms with E-state index in [1.807, 2.05) is 0 Å². The van der Waals surface area contributed by atoms with E-state index in [2.05, 4.69) is 70.8 Å². The molecule has 1 fully saturated rings. The van der Waals surface area contributed by atoms with E-state index in [0.29, 0.717) is 11.8 Å². The molecule has 1 unspecified atom stereocenters. The van der Waals surface area contributed by atoms with E-state index in [1.54, 1.807) is 0 Å². The quantitative estimate of drug-likeness (QED) is 0.571. The molecule has 0 spiro atoms. The lowest BCUT2D eigenvalue weighted by Crippen LogP contribution is -2.22.